The van der Waals surface area contributed by atoms with E-state index in [0.29, 0.717) is 5.56 Å². The minimum atomic E-state index is 0. The maximum Gasteiger partial charge on any atom is 0.255 e. The fourth-order valence-corrected chi connectivity index (χ4v) is 4.11. The van der Waals surface area contributed by atoms with Crippen molar-refractivity contribution in [3.8, 4) is 10.6 Å². The van der Waals surface area contributed by atoms with Crippen LogP contribution in [0.25, 0.3) is 21.6 Å². The molecule has 28 heavy (non-hydrogen) atoms. The van der Waals surface area contributed by atoms with Crippen molar-refractivity contribution in [2.24, 2.45) is 0 Å². The molecule has 3 aromatic heterocycles. The average Bonchev–Trinajstić information content (AvgIpc) is 3.30. The predicted octanol–water partition coefficient (Wildman–Crippen LogP) is 4.02. The molecule has 0 aliphatic carbocycles. The van der Waals surface area contributed by atoms with Gasteiger partial charge >= 0.3 is 0 Å². The molecule has 0 aromatic carbocycles. The van der Waals surface area contributed by atoms with Gasteiger partial charge in [0.15, 0.2) is 5.65 Å². The number of carbonyl (C=O) groups excluding carboxylic acids is 1. The van der Waals surface area contributed by atoms with Crippen LogP contribution in [-0.4, -0.2) is 51.2 Å². The Morgan fingerprint density at radius 2 is 2.14 bits per heavy atom. The lowest BCUT2D eigenvalue weighted by Gasteiger charge is -2.34. The zero-order valence-electron chi connectivity index (χ0n) is 16.1. The van der Waals surface area contributed by atoms with E-state index in [9.17, 15) is 4.79 Å². The number of amides is 1. The Morgan fingerprint density at radius 3 is 2.79 bits per heavy atom. The Morgan fingerprint density at radius 1 is 1.36 bits per heavy atom. The topological polar surface area (TPSA) is 63.1 Å². The summed E-state index contributed by atoms with van der Waals surface area (Å²) in [6.45, 7) is 8.60. The van der Waals surface area contributed by atoms with Crippen LogP contribution in [-0.2, 0) is 0 Å². The summed E-state index contributed by atoms with van der Waals surface area (Å²) in [5, 5.41) is 10.7. The fraction of sp³-hybridized carbons (Fsp3) is 0.421. The molecular weight excluding hydrogens is 417 g/mol. The summed E-state index contributed by atoms with van der Waals surface area (Å²) in [6.07, 6.45) is 1.78. The number of aromatic nitrogens is 3. The standard InChI is InChI=1S/C19H23N5OS.2ClH/c1-12(2)24-18-15(11-21-24)14(9-16(22-18)17-5-4-8-26-17)19(25)23-7-6-20-10-13(23)3;;/h4-5,8-9,11-13,20H,6-7,10H2,1-3H3;2*1H/t13-;;/m0../s1. The van der Waals surface area contributed by atoms with Crippen molar-refractivity contribution >= 4 is 53.1 Å². The van der Waals surface area contributed by atoms with Gasteiger partial charge in [-0.2, -0.15) is 5.10 Å². The van der Waals surface area contributed by atoms with Crippen LogP contribution in [0.1, 0.15) is 37.2 Å². The molecular formula is C19H25Cl2N5OS. The molecule has 1 aliphatic heterocycles. The van der Waals surface area contributed by atoms with Gasteiger partial charge in [-0.05, 0) is 38.3 Å². The Bertz CT molecular complexity index is 941. The highest BCUT2D eigenvalue weighted by Gasteiger charge is 2.27. The van der Waals surface area contributed by atoms with Crippen LogP contribution in [0.4, 0.5) is 0 Å². The SMILES string of the molecule is CC(C)n1ncc2c(C(=O)N3CCNC[C@@H]3C)cc(-c3cccs3)nc21.Cl.Cl. The van der Waals surface area contributed by atoms with Gasteiger partial charge in [-0.15, -0.1) is 36.2 Å². The third-order valence-corrected chi connectivity index (χ3v) is 5.71. The third-order valence-electron chi connectivity index (χ3n) is 4.82. The molecule has 1 fully saturated rings. The number of rotatable bonds is 3. The van der Waals surface area contributed by atoms with E-state index >= 15 is 0 Å². The molecule has 0 spiro atoms. The Hall–Kier alpha value is -1.67. The number of fused-ring (bicyclic) bond motifs is 1. The molecule has 3 aromatic rings. The summed E-state index contributed by atoms with van der Waals surface area (Å²) in [5.41, 5.74) is 2.30. The number of thiophene rings is 1. The molecule has 152 valence electrons. The second-order valence-corrected chi connectivity index (χ2v) is 7.95. The minimum absolute atomic E-state index is 0. The van der Waals surface area contributed by atoms with Crippen LogP contribution in [0.5, 0.6) is 0 Å². The molecule has 4 heterocycles. The normalized spacial score (nSPS) is 16.7. The Kier molecular flexibility index (Phi) is 7.45. The van der Waals surface area contributed by atoms with Gasteiger partial charge in [0.2, 0.25) is 0 Å². The summed E-state index contributed by atoms with van der Waals surface area (Å²) < 4.78 is 1.89. The van der Waals surface area contributed by atoms with Gasteiger partial charge in [0.25, 0.3) is 5.91 Å². The van der Waals surface area contributed by atoms with Gasteiger partial charge in [-0.25, -0.2) is 9.67 Å². The van der Waals surface area contributed by atoms with Crippen LogP contribution >= 0.6 is 36.2 Å². The molecule has 9 heteroatoms. The summed E-state index contributed by atoms with van der Waals surface area (Å²) in [4.78, 5) is 21.2. The number of halogens is 2. The number of piperazine rings is 1. The van der Waals surface area contributed by atoms with E-state index in [2.05, 4.69) is 31.2 Å². The van der Waals surface area contributed by atoms with E-state index in [1.165, 1.54) is 0 Å². The van der Waals surface area contributed by atoms with Gasteiger partial charge in [-0.1, -0.05) is 6.07 Å². The molecule has 0 saturated carbocycles. The van der Waals surface area contributed by atoms with Gasteiger partial charge in [0.05, 0.1) is 27.7 Å². The molecule has 0 radical (unpaired) electrons. The number of carbonyl (C=O) groups is 1. The maximum absolute atomic E-state index is 13.4. The van der Waals surface area contributed by atoms with Crippen molar-refractivity contribution < 1.29 is 4.79 Å². The van der Waals surface area contributed by atoms with Crippen molar-refractivity contribution in [2.45, 2.75) is 32.9 Å². The number of hydrogen-bond acceptors (Lipinski definition) is 5. The van der Waals surface area contributed by atoms with Crippen LogP contribution < -0.4 is 5.32 Å². The highest BCUT2D eigenvalue weighted by atomic mass is 35.5. The van der Waals surface area contributed by atoms with Crippen LogP contribution in [0, 0.1) is 0 Å². The Labute approximate surface area is 181 Å². The summed E-state index contributed by atoms with van der Waals surface area (Å²) in [5.74, 6) is 0.0625. The van der Waals surface area contributed by atoms with Crippen LogP contribution in [0.15, 0.2) is 29.8 Å². The van der Waals surface area contributed by atoms with Crippen LogP contribution in [0.3, 0.4) is 0 Å². The third kappa shape index (κ3) is 4.03. The average molecular weight is 442 g/mol. The van der Waals surface area contributed by atoms with Crippen molar-refractivity contribution in [2.75, 3.05) is 19.6 Å². The molecule has 1 saturated heterocycles. The smallest absolute Gasteiger partial charge is 0.255 e. The first-order valence-electron chi connectivity index (χ1n) is 9.00. The summed E-state index contributed by atoms with van der Waals surface area (Å²) >= 11 is 1.63. The largest absolute Gasteiger partial charge is 0.333 e. The van der Waals surface area contributed by atoms with Crippen molar-refractivity contribution in [3.63, 3.8) is 0 Å². The lowest BCUT2D eigenvalue weighted by Crippen LogP contribution is -2.52. The van der Waals surface area contributed by atoms with E-state index in [4.69, 9.17) is 4.98 Å². The number of nitrogens with one attached hydrogen (secondary N) is 1. The molecule has 1 aliphatic rings. The molecule has 6 nitrogen and oxygen atoms in total. The molecule has 4 rings (SSSR count). The second kappa shape index (κ2) is 9.22. The van der Waals surface area contributed by atoms with Gasteiger partial charge < -0.3 is 10.2 Å². The molecule has 1 N–H and O–H groups in total. The number of nitrogens with zero attached hydrogens (tertiary/aromatic N) is 4. The van der Waals surface area contributed by atoms with Gasteiger partial charge in [0.1, 0.15) is 0 Å². The monoisotopic (exact) mass is 441 g/mol. The van der Waals surface area contributed by atoms with E-state index in [1.807, 2.05) is 33.2 Å². The molecule has 1 atom stereocenters. The molecule has 0 unspecified atom stereocenters. The summed E-state index contributed by atoms with van der Waals surface area (Å²) in [6, 6.07) is 6.32. The first-order valence-corrected chi connectivity index (χ1v) is 9.88. The van der Waals surface area contributed by atoms with Gasteiger partial charge in [-0.3, -0.25) is 4.79 Å². The predicted molar refractivity (Wildman–Crippen MR) is 119 cm³/mol. The minimum Gasteiger partial charge on any atom is -0.333 e. The maximum atomic E-state index is 13.4. The lowest BCUT2D eigenvalue weighted by molar-refractivity contribution is 0.0658. The quantitative estimate of drug-likeness (QED) is 0.666. The van der Waals surface area contributed by atoms with E-state index in [0.717, 1.165) is 41.2 Å². The van der Waals surface area contributed by atoms with E-state index in [-0.39, 0.29) is 42.8 Å². The summed E-state index contributed by atoms with van der Waals surface area (Å²) in [7, 11) is 0. The first kappa shape index (κ1) is 22.6. The fourth-order valence-electron chi connectivity index (χ4n) is 3.42. The molecule has 1 amide bonds. The number of hydrogen-bond donors (Lipinski definition) is 1. The van der Waals surface area contributed by atoms with Crippen LogP contribution in [0.2, 0.25) is 0 Å². The molecule has 0 bridgehead atoms. The van der Waals surface area contributed by atoms with E-state index in [1.54, 1.807) is 17.5 Å². The highest BCUT2D eigenvalue weighted by Crippen LogP contribution is 2.30. The van der Waals surface area contributed by atoms with E-state index < -0.39 is 0 Å². The van der Waals surface area contributed by atoms with Crippen molar-refractivity contribution in [3.05, 3.63) is 35.3 Å². The number of pyridine rings is 1. The zero-order valence-corrected chi connectivity index (χ0v) is 18.5. The second-order valence-electron chi connectivity index (χ2n) is 7.00. The highest BCUT2D eigenvalue weighted by molar-refractivity contribution is 7.13. The van der Waals surface area contributed by atoms with Gasteiger partial charge in [0, 0.05) is 31.7 Å². The Balaban J connectivity index is 0.00000140. The lowest BCUT2D eigenvalue weighted by atomic mass is 10.1. The van der Waals surface area contributed by atoms with Crippen molar-refractivity contribution in [1.82, 2.24) is 25.0 Å². The van der Waals surface area contributed by atoms with Crippen molar-refractivity contribution in [1.29, 1.82) is 0 Å². The first-order chi connectivity index (χ1) is 12.6. The zero-order chi connectivity index (χ0) is 18.3.